The molecule has 0 radical (unpaired) electrons. The maximum Gasteiger partial charge on any atom is 0.164 e. The summed E-state index contributed by atoms with van der Waals surface area (Å²) in [7, 11) is 0. The number of benzene rings is 7. The number of rotatable bonds is 7. The topological polar surface area (TPSA) is 51.6 Å². The van der Waals surface area contributed by atoms with E-state index in [4.69, 9.17) is 19.9 Å². The summed E-state index contributed by atoms with van der Waals surface area (Å²) < 4.78 is 0. The van der Waals surface area contributed by atoms with Crippen molar-refractivity contribution in [3.05, 3.63) is 228 Å². The van der Waals surface area contributed by atoms with Gasteiger partial charge in [-0.05, 0) is 82.1 Å². The highest BCUT2D eigenvalue weighted by Gasteiger charge is 2.46. The zero-order valence-corrected chi connectivity index (χ0v) is 31.8. The highest BCUT2D eigenvalue weighted by atomic mass is 15.0. The van der Waals surface area contributed by atoms with Crippen molar-refractivity contribution >= 4 is 0 Å². The van der Waals surface area contributed by atoms with Crippen LogP contribution >= 0.6 is 0 Å². The Morgan fingerprint density at radius 1 is 0.316 bits per heavy atom. The van der Waals surface area contributed by atoms with Crippen molar-refractivity contribution in [1.82, 2.24) is 19.9 Å². The standard InChI is InChI=1S/C53H38N4/c1-35-25-31-45(36(2)54-35)41-17-14-18-42(33-41)52-56-50(38-15-6-3-7-16-38)55-51(57-52)39-28-26-37(27-29-39)40-30-32-47-46-23-12-13-24-48(46)53(49(47)34-40,43-19-8-4-9-20-43)44-21-10-5-11-22-44/h3-34H,1-2H3. The maximum absolute atomic E-state index is 5.09. The summed E-state index contributed by atoms with van der Waals surface area (Å²) in [6, 6.07) is 69.0. The van der Waals surface area contributed by atoms with Crippen LogP contribution in [0.15, 0.2) is 194 Å². The molecule has 2 aromatic heterocycles. The van der Waals surface area contributed by atoms with E-state index in [1.54, 1.807) is 0 Å². The summed E-state index contributed by atoms with van der Waals surface area (Å²) in [4.78, 5) is 19.8. The quantitative estimate of drug-likeness (QED) is 0.164. The molecule has 1 aliphatic rings. The Labute approximate surface area is 333 Å². The smallest absolute Gasteiger partial charge is 0.164 e. The van der Waals surface area contributed by atoms with E-state index in [9.17, 15) is 0 Å². The Morgan fingerprint density at radius 2 is 0.807 bits per heavy atom. The van der Waals surface area contributed by atoms with Gasteiger partial charge in [0.15, 0.2) is 17.5 Å². The first-order valence-electron chi connectivity index (χ1n) is 19.4. The molecule has 10 rings (SSSR count). The Kier molecular flexibility index (Phi) is 8.45. The first-order valence-corrected chi connectivity index (χ1v) is 19.4. The average molecular weight is 731 g/mol. The third kappa shape index (κ3) is 5.94. The summed E-state index contributed by atoms with van der Waals surface area (Å²) in [5, 5.41) is 0. The molecular formula is C53H38N4. The summed E-state index contributed by atoms with van der Waals surface area (Å²) in [6.45, 7) is 4.07. The van der Waals surface area contributed by atoms with Crippen molar-refractivity contribution in [2.24, 2.45) is 0 Å². The van der Waals surface area contributed by atoms with E-state index in [-0.39, 0.29) is 0 Å². The summed E-state index contributed by atoms with van der Waals surface area (Å²) >= 11 is 0. The molecule has 4 heteroatoms. The molecule has 1 aliphatic carbocycles. The van der Waals surface area contributed by atoms with Crippen molar-refractivity contribution in [1.29, 1.82) is 0 Å². The molecule has 0 bridgehead atoms. The first-order chi connectivity index (χ1) is 28.1. The molecule has 0 unspecified atom stereocenters. The first kappa shape index (κ1) is 34.2. The van der Waals surface area contributed by atoms with Gasteiger partial charge in [0.1, 0.15) is 0 Å². The second-order valence-electron chi connectivity index (χ2n) is 14.7. The predicted molar refractivity (Wildman–Crippen MR) is 232 cm³/mol. The molecule has 4 nitrogen and oxygen atoms in total. The van der Waals surface area contributed by atoms with Crippen LogP contribution in [0.25, 0.3) is 67.5 Å². The fourth-order valence-electron chi connectivity index (χ4n) is 8.60. The van der Waals surface area contributed by atoms with Gasteiger partial charge >= 0.3 is 0 Å². The second-order valence-corrected chi connectivity index (χ2v) is 14.7. The zero-order valence-electron chi connectivity index (χ0n) is 31.8. The Balaban J connectivity index is 1.07. The number of hydrogen-bond acceptors (Lipinski definition) is 4. The summed E-state index contributed by atoms with van der Waals surface area (Å²) in [5.74, 6) is 1.88. The summed E-state index contributed by atoms with van der Waals surface area (Å²) in [6.07, 6.45) is 0. The number of hydrogen-bond donors (Lipinski definition) is 0. The van der Waals surface area contributed by atoms with Gasteiger partial charge in [0.05, 0.1) is 5.41 Å². The molecule has 0 amide bonds. The minimum absolute atomic E-state index is 0.453. The minimum atomic E-state index is -0.453. The van der Waals surface area contributed by atoms with Gasteiger partial charge in [0.25, 0.3) is 0 Å². The molecule has 9 aromatic rings. The normalized spacial score (nSPS) is 12.5. The lowest BCUT2D eigenvalue weighted by molar-refractivity contribution is 0.769. The molecule has 0 aliphatic heterocycles. The van der Waals surface area contributed by atoms with E-state index < -0.39 is 5.41 Å². The van der Waals surface area contributed by atoms with Crippen LogP contribution in [0.4, 0.5) is 0 Å². The van der Waals surface area contributed by atoms with Crippen LogP contribution in [-0.2, 0) is 5.41 Å². The van der Waals surface area contributed by atoms with Gasteiger partial charge in [-0.1, -0.05) is 176 Å². The number of aromatic nitrogens is 4. The third-order valence-electron chi connectivity index (χ3n) is 11.3. The summed E-state index contributed by atoms with van der Waals surface area (Å²) in [5.41, 5.74) is 16.4. The third-order valence-corrected chi connectivity index (χ3v) is 11.3. The highest BCUT2D eigenvalue weighted by Crippen LogP contribution is 2.56. The van der Waals surface area contributed by atoms with Gasteiger partial charge in [-0.15, -0.1) is 0 Å². The van der Waals surface area contributed by atoms with Crippen LogP contribution in [0.2, 0.25) is 0 Å². The van der Waals surface area contributed by atoms with Crippen LogP contribution in [0, 0.1) is 13.8 Å². The predicted octanol–water partition coefficient (Wildman–Crippen LogP) is 12.6. The van der Waals surface area contributed by atoms with Gasteiger partial charge in [0.2, 0.25) is 0 Å². The van der Waals surface area contributed by atoms with E-state index in [0.29, 0.717) is 17.5 Å². The molecule has 57 heavy (non-hydrogen) atoms. The molecule has 0 spiro atoms. The van der Waals surface area contributed by atoms with E-state index in [0.717, 1.165) is 50.3 Å². The van der Waals surface area contributed by atoms with E-state index >= 15 is 0 Å². The second kappa shape index (κ2) is 14.1. The van der Waals surface area contributed by atoms with Crippen molar-refractivity contribution in [3.8, 4) is 67.5 Å². The highest BCUT2D eigenvalue weighted by molar-refractivity contribution is 5.88. The van der Waals surface area contributed by atoms with Crippen molar-refractivity contribution in [2.75, 3.05) is 0 Å². The molecular weight excluding hydrogens is 693 g/mol. The molecule has 0 N–H and O–H groups in total. The molecule has 7 aromatic carbocycles. The lowest BCUT2D eigenvalue weighted by Gasteiger charge is -2.34. The zero-order chi connectivity index (χ0) is 38.3. The Hall–Kier alpha value is -7.30. The van der Waals surface area contributed by atoms with Gasteiger partial charge in [-0.2, -0.15) is 0 Å². The molecule has 0 fully saturated rings. The Bertz CT molecular complexity index is 2860. The van der Waals surface area contributed by atoms with Crippen molar-refractivity contribution in [2.45, 2.75) is 19.3 Å². The average Bonchev–Trinajstić information content (AvgIpc) is 3.57. The molecule has 0 atom stereocenters. The van der Waals surface area contributed by atoms with Gasteiger partial charge in [0, 0.05) is 33.6 Å². The largest absolute Gasteiger partial charge is 0.258 e. The maximum atomic E-state index is 5.09. The van der Waals surface area contributed by atoms with Crippen molar-refractivity contribution in [3.63, 3.8) is 0 Å². The lowest BCUT2D eigenvalue weighted by atomic mass is 9.67. The minimum Gasteiger partial charge on any atom is -0.258 e. The van der Waals surface area contributed by atoms with Crippen LogP contribution < -0.4 is 0 Å². The number of pyridine rings is 1. The molecule has 2 heterocycles. The van der Waals surface area contributed by atoms with Crippen LogP contribution in [-0.4, -0.2) is 19.9 Å². The SMILES string of the molecule is Cc1ccc(-c2cccc(-c3nc(-c4ccccc4)nc(-c4ccc(-c5ccc6c(c5)C(c5ccccc5)(c5ccccc5)c5ccccc5-6)cc4)n3)c2)c(C)n1. The van der Waals surface area contributed by atoms with Crippen molar-refractivity contribution < 1.29 is 0 Å². The lowest BCUT2D eigenvalue weighted by Crippen LogP contribution is -2.28. The Morgan fingerprint density at radius 3 is 1.47 bits per heavy atom. The van der Waals surface area contributed by atoms with E-state index in [2.05, 4.69) is 171 Å². The number of nitrogens with zero attached hydrogens (tertiary/aromatic N) is 4. The number of fused-ring (bicyclic) bond motifs is 3. The fourth-order valence-corrected chi connectivity index (χ4v) is 8.60. The number of aryl methyl sites for hydroxylation is 2. The van der Waals surface area contributed by atoms with Gasteiger partial charge in [-0.3, -0.25) is 4.98 Å². The van der Waals surface area contributed by atoms with Crippen LogP contribution in [0.5, 0.6) is 0 Å². The fraction of sp³-hybridized carbons (Fsp3) is 0.0566. The van der Waals surface area contributed by atoms with Crippen LogP contribution in [0.3, 0.4) is 0 Å². The van der Waals surface area contributed by atoms with E-state index in [1.807, 2.05) is 37.3 Å². The van der Waals surface area contributed by atoms with Gasteiger partial charge in [-0.25, -0.2) is 15.0 Å². The van der Waals surface area contributed by atoms with Gasteiger partial charge < -0.3 is 0 Å². The monoisotopic (exact) mass is 730 g/mol. The van der Waals surface area contributed by atoms with Crippen LogP contribution in [0.1, 0.15) is 33.6 Å². The molecule has 270 valence electrons. The van der Waals surface area contributed by atoms with E-state index in [1.165, 1.54) is 33.4 Å². The molecule has 0 saturated heterocycles. The molecule has 0 saturated carbocycles.